The van der Waals surface area contributed by atoms with Crippen molar-refractivity contribution in [1.29, 1.82) is 0 Å². The maximum absolute atomic E-state index is 10.8. The quantitative estimate of drug-likeness (QED) is 0.833. The van der Waals surface area contributed by atoms with Crippen LogP contribution in [0, 0.1) is 12.8 Å². The van der Waals surface area contributed by atoms with E-state index in [0.29, 0.717) is 11.5 Å². The van der Waals surface area contributed by atoms with E-state index in [1.807, 2.05) is 13.0 Å². The van der Waals surface area contributed by atoms with Gasteiger partial charge in [0.1, 0.15) is 0 Å². The van der Waals surface area contributed by atoms with E-state index in [0.717, 1.165) is 30.8 Å². The van der Waals surface area contributed by atoms with Crippen molar-refractivity contribution in [3.05, 3.63) is 29.3 Å². The van der Waals surface area contributed by atoms with Crippen molar-refractivity contribution in [2.75, 3.05) is 24.6 Å². The predicted molar refractivity (Wildman–Crippen MR) is 65.5 cm³/mol. The first-order valence-corrected chi connectivity index (χ1v) is 5.81. The van der Waals surface area contributed by atoms with Crippen LogP contribution in [0.25, 0.3) is 0 Å². The minimum absolute atomic E-state index is 0.225. The Bertz CT molecular complexity index is 431. The van der Waals surface area contributed by atoms with Gasteiger partial charge in [-0.15, -0.1) is 0 Å². The maximum atomic E-state index is 10.8. The van der Waals surface area contributed by atoms with Gasteiger partial charge >= 0.3 is 5.97 Å². The van der Waals surface area contributed by atoms with Crippen LogP contribution >= 0.6 is 0 Å². The van der Waals surface area contributed by atoms with E-state index >= 15 is 0 Å². The van der Waals surface area contributed by atoms with Gasteiger partial charge in [0.15, 0.2) is 0 Å². The lowest BCUT2D eigenvalue weighted by atomic mass is 10.1. The Kier molecular flexibility index (Phi) is 3.33. The minimum atomic E-state index is -0.894. The highest BCUT2D eigenvalue weighted by Crippen LogP contribution is 2.27. The minimum Gasteiger partial charge on any atom is -0.478 e. The molecule has 4 heteroatoms. The Balaban J connectivity index is 2.20. The number of aryl methyl sites for hydroxylation is 1. The number of anilines is 1. The van der Waals surface area contributed by atoms with Gasteiger partial charge in [0.05, 0.1) is 5.56 Å². The normalized spacial score (nSPS) is 19.6. The summed E-state index contributed by atoms with van der Waals surface area (Å²) in [7, 11) is 0. The molecule has 0 spiro atoms. The van der Waals surface area contributed by atoms with Crippen LogP contribution < -0.4 is 4.90 Å². The summed E-state index contributed by atoms with van der Waals surface area (Å²) < 4.78 is 0. The van der Waals surface area contributed by atoms with Gasteiger partial charge in [-0.3, -0.25) is 0 Å². The third kappa shape index (κ3) is 2.42. The van der Waals surface area contributed by atoms with E-state index in [4.69, 9.17) is 10.2 Å². The van der Waals surface area contributed by atoms with E-state index in [-0.39, 0.29) is 6.61 Å². The van der Waals surface area contributed by atoms with E-state index < -0.39 is 5.97 Å². The maximum Gasteiger partial charge on any atom is 0.335 e. The third-order valence-electron chi connectivity index (χ3n) is 3.33. The number of aromatic carboxylic acids is 1. The molecule has 1 aliphatic heterocycles. The summed E-state index contributed by atoms with van der Waals surface area (Å²) in [5.74, 6) is -0.553. The number of aliphatic hydroxyl groups excluding tert-OH is 1. The molecule has 2 N–H and O–H groups in total. The summed E-state index contributed by atoms with van der Waals surface area (Å²) in [5, 5.41) is 18.0. The second-order valence-electron chi connectivity index (χ2n) is 4.59. The summed E-state index contributed by atoms with van der Waals surface area (Å²) in [6.07, 6.45) is 0.997. The molecule has 1 aliphatic rings. The lowest BCUT2D eigenvalue weighted by Gasteiger charge is -2.21. The highest BCUT2D eigenvalue weighted by Gasteiger charge is 2.23. The molecule has 1 aromatic rings. The molecular weight excluding hydrogens is 218 g/mol. The van der Waals surface area contributed by atoms with Gasteiger partial charge in [0, 0.05) is 31.3 Å². The second-order valence-corrected chi connectivity index (χ2v) is 4.59. The number of carbonyl (C=O) groups is 1. The molecule has 0 aromatic heterocycles. The number of rotatable bonds is 3. The van der Waals surface area contributed by atoms with Crippen LogP contribution in [0.5, 0.6) is 0 Å². The zero-order valence-electron chi connectivity index (χ0n) is 9.89. The fourth-order valence-corrected chi connectivity index (χ4v) is 2.34. The fraction of sp³-hybridized carbons (Fsp3) is 0.462. The molecule has 2 rings (SSSR count). The standard InChI is InChI=1S/C13H17NO3/c1-9-6-11(13(16)17)2-3-12(9)14-5-4-10(7-14)8-15/h2-3,6,10,15H,4-5,7-8H2,1H3,(H,16,17). The number of hydrogen-bond donors (Lipinski definition) is 2. The smallest absolute Gasteiger partial charge is 0.335 e. The molecule has 0 saturated carbocycles. The lowest BCUT2D eigenvalue weighted by Crippen LogP contribution is -2.21. The van der Waals surface area contributed by atoms with Crippen LogP contribution in [-0.2, 0) is 0 Å². The zero-order valence-corrected chi connectivity index (χ0v) is 9.89. The van der Waals surface area contributed by atoms with Crippen LogP contribution in [0.15, 0.2) is 18.2 Å². The molecule has 0 bridgehead atoms. The summed E-state index contributed by atoms with van der Waals surface area (Å²) in [6.45, 7) is 3.93. The van der Waals surface area contributed by atoms with E-state index in [9.17, 15) is 4.79 Å². The summed E-state index contributed by atoms with van der Waals surface area (Å²) in [4.78, 5) is 13.0. The van der Waals surface area contributed by atoms with E-state index in [1.165, 1.54) is 0 Å². The molecule has 0 radical (unpaired) electrons. The van der Waals surface area contributed by atoms with Crippen LogP contribution in [0.1, 0.15) is 22.3 Å². The number of nitrogens with zero attached hydrogens (tertiary/aromatic N) is 1. The van der Waals surface area contributed by atoms with Gasteiger partial charge in [-0.05, 0) is 37.1 Å². The van der Waals surface area contributed by atoms with Crippen molar-refractivity contribution in [2.24, 2.45) is 5.92 Å². The average Bonchev–Trinajstić information content (AvgIpc) is 2.77. The van der Waals surface area contributed by atoms with Gasteiger partial charge < -0.3 is 15.1 Å². The number of carboxylic acids is 1. The molecule has 1 unspecified atom stereocenters. The SMILES string of the molecule is Cc1cc(C(=O)O)ccc1N1CCC(CO)C1. The first kappa shape index (κ1) is 11.9. The molecule has 1 saturated heterocycles. The predicted octanol–water partition coefficient (Wildman–Crippen LogP) is 1.51. The molecule has 17 heavy (non-hydrogen) atoms. The molecule has 4 nitrogen and oxygen atoms in total. The van der Waals surface area contributed by atoms with Crippen molar-refractivity contribution in [3.63, 3.8) is 0 Å². The number of aliphatic hydroxyl groups is 1. The first-order chi connectivity index (χ1) is 8.11. The number of hydrogen-bond acceptors (Lipinski definition) is 3. The Morgan fingerprint density at radius 2 is 2.29 bits per heavy atom. The summed E-state index contributed by atoms with van der Waals surface area (Å²) in [5.41, 5.74) is 2.37. The summed E-state index contributed by atoms with van der Waals surface area (Å²) in [6, 6.07) is 5.19. The highest BCUT2D eigenvalue weighted by atomic mass is 16.4. The topological polar surface area (TPSA) is 60.8 Å². The highest BCUT2D eigenvalue weighted by molar-refractivity contribution is 5.88. The molecule has 0 aliphatic carbocycles. The number of benzene rings is 1. The van der Waals surface area contributed by atoms with Crippen molar-refractivity contribution >= 4 is 11.7 Å². The average molecular weight is 235 g/mol. The monoisotopic (exact) mass is 235 g/mol. The van der Waals surface area contributed by atoms with Crippen LogP contribution in [0.4, 0.5) is 5.69 Å². The van der Waals surface area contributed by atoms with Crippen molar-refractivity contribution in [2.45, 2.75) is 13.3 Å². The Morgan fingerprint density at radius 3 is 2.82 bits per heavy atom. The van der Waals surface area contributed by atoms with Gasteiger partial charge in [0.25, 0.3) is 0 Å². The van der Waals surface area contributed by atoms with Gasteiger partial charge in [0.2, 0.25) is 0 Å². The molecule has 1 heterocycles. The van der Waals surface area contributed by atoms with Crippen LogP contribution in [0.3, 0.4) is 0 Å². The second kappa shape index (κ2) is 4.75. The molecule has 0 amide bonds. The number of carboxylic acid groups (broad SMARTS) is 1. The molecule has 1 fully saturated rings. The van der Waals surface area contributed by atoms with E-state index in [1.54, 1.807) is 12.1 Å². The Morgan fingerprint density at radius 1 is 1.53 bits per heavy atom. The van der Waals surface area contributed by atoms with Gasteiger partial charge in [-0.25, -0.2) is 4.79 Å². The van der Waals surface area contributed by atoms with Gasteiger partial charge in [-0.1, -0.05) is 0 Å². The lowest BCUT2D eigenvalue weighted by molar-refractivity contribution is 0.0697. The zero-order chi connectivity index (χ0) is 12.4. The molecule has 92 valence electrons. The van der Waals surface area contributed by atoms with Crippen molar-refractivity contribution < 1.29 is 15.0 Å². The molecule has 1 atom stereocenters. The van der Waals surface area contributed by atoms with Crippen molar-refractivity contribution in [3.8, 4) is 0 Å². The fourth-order valence-electron chi connectivity index (χ4n) is 2.34. The summed E-state index contributed by atoms with van der Waals surface area (Å²) >= 11 is 0. The molecule has 1 aromatic carbocycles. The van der Waals surface area contributed by atoms with E-state index in [2.05, 4.69) is 4.90 Å². The van der Waals surface area contributed by atoms with Crippen molar-refractivity contribution in [1.82, 2.24) is 0 Å². The van der Waals surface area contributed by atoms with Gasteiger partial charge in [-0.2, -0.15) is 0 Å². The van der Waals surface area contributed by atoms with Crippen LogP contribution in [-0.4, -0.2) is 35.9 Å². The third-order valence-corrected chi connectivity index (χ3v) is 3.33. The first-order valence-electron chi connectivity index (χ1n) is 5.81. The Labute approximate surface area is 100 Å². The van der Waals surface area contributed by atoms with Crippen LogP contribution in [0.2, 0.25) is 0 Å². The molecular formula is C13H17NO3. The Hall–Kier alpha value is -1.55. The largest absolute Gasteiger partial charge is 0.478 e.